The van der Waals surface area contributed by atoms with Crippen LogP contribution in [0.25, 0.3) is 0 Å². The number of hydrogen-bond donors (Lipinski definition) is 2. The molecule has 86 valence electrons. The molecular weight excluding hydrogens is 206 g/mol. The van der Waals surface area contributed by atoms with E-state index in [1.54, 1.807) is 0 Å². The lowest BCUT2D eigenvalue weighted by atomic mass is 9.87. The summed E-state index contributed by atoms with van der Waals surface area (Å²) in [6.45, 7) is 3.11. The molecule has 2 unspecified atom stereocenters. The van der Waals surface area contributed by atoms with Crippen molar-refractivity contribution < 1.29 is 14.6 Å². The second-order valence-electron chi connectivity index (χ2n) is 4.42. The van der Waals surface area contributed by atoms with Gasteiger partial charge in [0.25, 0.3) is 0 Å². The third-order valence-electron chi connectivity index (χ3n) is 3.55. The molecule has 1 saturated heterocycles. The van der Waals surface area contributed by atoms with Crippen molar-refractivity contribution in [3.63, 3.8) is 0 Å². The first-order valence-electron chi connectivity index (χ1n) is 5.56. The average molecular weight is 221 g/mol. The molecule has 1 aromatic rings. The largest absolute Gasteiger partial charge is 0.454 e. The summed E-state index contributed by atoms with van der Waals surface area (Å²) in [5.41, 5.74) is 0.107. The molecule has 2 N–H and O–H groups in total. The molecule has 4 heteroatoms. The van der Waals surface area contributed by atoms with Crippen LogP contribution in [0.2, 0.25) is 0 Å². The Morgan fingerprint density at radius 3 is 2.94 bits per heavy atom. The second kappa shape index (κ2) is 3.37. The third-order valence-corrected chi connectivity index (χ3v) is 3.55. The summed E-state index contributed by atoms with van der Waals surface area (Å²) in [6.07, 6.45) is 0.730. The Bertz CT molecular complexity index is 421. The van der Waals surface area contributed by atoms with Gasteiger partial charge in [-0.1, -0.05) is 6.07 Å². The van der Waals surface area contributed by atoms with Crippen molar-refractivity contribution in [3.8, 4) is 11.5 Å². The van der Waals surface area contributed by atoms with Crippen molar-refractivity contribution >= 4 is 0 Å². The molecule has 2 heterocycles. The standard InChI is InChI=1S/C12H15NO3/c1-8-12(14,4-5-13-8)9-2-3-10-11(6-9)16-7-15-10/h2-3,6,8,13-14H,4-5,7H2,1H3. The topological polar surface area (TPSA) is 50.7 Å². The minimum Gasteiger partial charge on any atom is -0.454 e. The van der Waals surface area contributed by atoms with Crippen molar-refractivity contribution in [2.24, 2.45) is 0 Å². The fourth-order valence-corrected chi connectivity index (χ4v) is 2.42. The number of hydrogen-bond acceptors (Lipinski definition) is 4. The zero-order chi connectivity index (χ0) is 11.2. The SMILES string of the molecule is CC1NCCC1(O)c1ccc2c(c1)OCO2. The van der Waals surface area contributed by atoms with Gasteiger partial charge in [0.2, 0.25) is 6.79 Å². The zero-order valence-corrected chi connectivity index (χ0v) is 9.19. The molecule has 0 amide bonds. The van der Waals surface area contributed by atoms with E-state index < -0.39 is 5.60 Å². The molecular formula is C12H15NO3. The van der Waals surface area contributed by atoms with Crippen LogP contribution in [0.4, 0.5) is 0 Å². The molecule has 2 aliphatic heterocycles. The average Bonchev–Trinajstić information content (AvgIpc) is 2.86. The molecule has 0 radical (unpaired) electrons. The Hall–Kier alpha value is -1.26. The van der Waals surface area contributed by atoms with Gasteiger partial charge in [-0.3, -0.25) is 0 Å². The highest BCUT2D eigenvalue weighted by molar-refractivity contribution is 5.46. The van der Waals surface area contributed by atoms with Crippen LogP contribution in [-0.2, 0) is 5.60 Å². The molecule has 1 fully saturated rings. The maximum atomic E-state index is 10.6. The van der Waals surface area contributed by atoms with Gasteiger partial charge in [-0.05, 0) is 37.6 Å². The maximum absolute atomic E-state index is 10.6. The molecule has 2 aliphatic rings. The van der Waals surface area contributed by atoms with Crippen LogP contribution >= 0.6 is 0 Å². The van der Waals surface area contributed by atoms with Crippen LogP contribution in [0.1, 0.15) is 18.9 Å². The minimum absolute atomic E-state index is 0.0628. The highest BCUT2D eigenvalue weighted by atomic mass is 16.7. The summed E-state index contributed by atoms with van der Waals surface area (Å²) in [6, 6.07) is 5.72. The Morgan fingerprint density at radius 1 is 1.38 bits per heavy atom. The van der Waals surface area contributed by atoms with Crippen LogP contribution in [-0.4, -0.2) is 24.5 Å². The Kier molecular flexibility index (Phi) is 2.09. The second-order valence-corrected chi connectivity index (χ2v) is 4.42. The molecule has 4 nitrogen and oxygen atoms in total. The number of nitrogens with one attached hydrogen (secondary N) is 1. The lowest BCUT2D eigenvalue weighted by Crippen LogP contribution is -2.37. The van der Waals surface area contributed by atoms with Crippen molar-refractivity contribution in [1.29, 1.82) is 0 Å². The fraction of sp³-hybridized carbons (Fsp3) is 0.500. The molecule has 1 aromatic carbocycles. The predicted octanol–water partition coefficient (Wildman–Crippen LogP) is 0.985. The molecule has 0 bridgehead atoms. The lowest BCUT2D eigenvalue weighted by Gasteiger charge is -2.27. The summed E-state index contributed by atoms with van der Waals surface area (Å²) in [4.78, 5) is 0. The Balaban J connectivity index is 2.00. The van der Waals surface area contributed by atoms with Crippen LogP contribution in [0.15, 0.2) is 18.2 Å². The van der Waals surface area contributed by atoms with Gasteiger partial charge < -0.3 is 19.9 Å². The van der Waals surface area contributed by atoms with E-state index in [1.165, 1.54) is 0 Å². The van der Waals surface area contributed by atoms with Gasteiger partial charge in [0.1, 0.15) is 5.60 Å². The van der Waals surface area contributed by atoms with Crippen LogP contribution in [0.3, 0.4) is 0 Å². The van der Waals surface area contributed by atoms with Crippen molar-refractivity contribution in [3.05, 3.63) is 23.8 Å². The number of fused-ring (bicyclic) bond motifs is 1. The summed E-state index contributed by atoms with van der Waals surface area (Å²) in [5, 5.41) is 13.9. The molecule has 0 saturated carbocycles. The summed E-state index contributed by atoms with van der Waals surface area (Å²) in [5.74, 6) is 1.48. The van der Waals surface area contributed by atoms with E-state index in [9.17, 15) is 5.11 Å². The third kappa shape index (κ3) is 1.30. The van der Waals surface area contributed by atoms with Crippen LogP contribution in [0.5, 0.6) is 11.5 Å². The van der Waals surface area contributed by atoms with Gasteiger partial charge >= 0.3 is 0 Å². The first kappa shape index (κ1) is 9.93. The number of ether oxygens (including phenoxy) is 2. The van der Waals surface area contributed by atoms with E-state index in [4.69, 9.17) is 9.47 Å². The number of benzene rings is 1. The van der Waals surface area contributed by atoms with Gasteiger partial charge in [-0.25, -0.2) is 0 Å². The lowest BCUT2D eigenvalue weighted by molar-refractivity contribution is 0.0291. The van der Waals surface area contributed by atoms with Gasteiger partial charge in [-0.15, -0.1) is 0 Å². The highest BCUT2D eigenvalue weighted by Gasteiger charge is 2.40. The molecule has 0 aliphatic carbocycles. The van der Waals surface area contributed by atoms with Gasteiger partial charge in [0, 0.05) is 6.04 Å². The van der Waals surface area contributed by atoms with Gasteiger partial charge in [-0.2, -0.15) is 0 Å². The van der Waals surface area contributed by atoms with E-state index >= 15 is 0 Å². The monoisotopic (exact) mass is 221 g/mol. The minimum atomic E-state index is -0.791. The van der Waals surface area contributed by atoms with E-state index in [-0.39, 0.29) is 12.8 Å². The normalized spacial score (nSPS) is 32.0. The summed E-state index contributed by atoms with van der Waals surface area (Å²) >= 11 is 0. The molecule has 0 spiro atoms. The molecule has 0 aromatic heterocycles. The quantitative estimate of drug-likeness (QED) is 0.742. The summed E-state index contributed by atoms with van der Waals surface area (Å²) in [7, 11) is 0. The zero-order valence-electron chi connectivity index (χ0n) is 9.19. The van der Waals surface area contributed by atoms with E-state index in [0.29, 0.717) is 0 Å². The van der Waals surface area contributed by atoms with Crippen molar-refractivity contribution in [2.45, 2.75) is 25.0 Å². The molecule has 3 rings (SSSR count). The van der Waals surface area contributed by atoms with Crippen LogP contribution < -0.4 is 14.8 Å². The first-order chi connectivity index (χ1) is 7.70. The predicted molar refractivity (Wildman–Crippen MR) is 58.5 cm³/mol. The number of aliphatic hydroxyl groups is 1. The van der Waals surface area contributed by atoms with Gasteiger partial charge in [0.15, 0.2) is 11.5 Å². The van der Waals surface area contributed by atoms with Crippen molar-refractivity contribution in [2.75, 3.05) is 13.3 Å². The first-order valence-corrected chi connectivity index (χ1v) is 5.56. The Labute approximate surface area is 94.2 Å². The highest BCUT2D eigenvalue weighted by Crippen LogP contribution is 2.39. The maximum Gasteiger partial charge on any atom is 0.231 e. The molecule has 2 atom stereocenters. The van der Waals surface area contributed by atoms with E-state index in [1.807, 2.05) is 25.1 Å². The summed E-state index contributed by atoms with van der Waals surface area (Å²) < 4.78 is 10.6. The Morgan fingerprint density at radius 2 is 2.19 bits per heavy atom. The van der Waals surface area contributed by atoms with E-state index in [0.717, 1.165) is 30.0 Å². The van der Waals surface area contributed by atoms with E-state index in [2.05, 4.69) is 5.32 Å². The van der Waals surface area contributed by atoms with Crippen molar-refractivity contribution in [1.82, 2.24) is 5.32 Å². The smallest absolute Gasteiger partial charge is 0.231 e. The van der Waals surface area contributed by atoms with Crippen LogP contribution in [0, 0.1) is 0 Å². The fourth-order valence-electron chi connectivity index (χ4n) is 2.42. The van der Waals surface area contributed by atoms with Gasteiger partial charge in [0.05, 0.1) is 0 Å². The number of rotatable bonds is 1. The molecule has 16 heavy (non-hydrogen) atoms.